The van der Waals surface area contributed by atoms with Gasteiger partial charge in [0.25, 0.3) is 30.3 Å². The van der Waals surface area contributed by atoms with Gasteiger partial charge in [0.15, 0.2) is 12.3 Å². The molecule has 2 atom stereocenters. The number of methoxy groups -OCH3 is 2. The Morgan fingerprint density at radius 1 is 0.825 bits per heavy atom. The van der Waals surface area contributed by atoms with Crippen LogP contribution in [0.3, 0.4) is 0 Å². The molecule has 57 heavy (non-hydrogen) atoms. The summed E-state index contributed by atoms with van der Waals surface area (Å²) in [4.78, 5) is 23.4. The topological polar surface area (TPSA) is 234 Å². The minimum absolute atomic E-state index is 0.00221. The fourth-order valence-corrected chi connectivity index (χ4v) is 9.20. The van der Waals surface area contributed by atoms with Gasteiger partial charge in [-0.25, -0.2) is 8.42 Å². The molecular weight excluding hydrogens is 803 g/mol. The van der Waals surface area contributed by atoms with Crippen LogP contribution in [0.5, 0.6) is 0 Å². The van der Waals surface area contributed by atoms with Gasteiger partial charge in [0, 0.05) is 68.3 Å². The molecule has 0 saturated carbocycles. The van der Waals surface area contributed by atoms with Gasteiger partial charge >= 0.3 is 5.97 Å². The molecule has 2 aromatic rings. The molecule has 2 aliphatic heterocycles. The maximum Gasteiger partial charge on any atom is 0.303 e. The van der Waals surface area contributed by atoms with Gasteiger partial charge in [-0.2, -0.15) is 21.4 Å². The van der Waals surface area contributed by atoms with Crippen LogP contribution in [0.4, 0.5) is 11.4 Å². The molecule has 2 aromatic carbocycles. The molecule has 2 aliphatic rings. The first kappa shape index (κ1) is 45.6. The van der Waals surface area contributed by atoms with Crippen LogP contribution in [-0.2, 0) is 55.4 Å². The van der Waals surface area contributed by atoms with E-state index in [1.54, 1.807) is 44.6 Å². The smallest absolute Gasteiger partial charge is 0.303 e. The standard InChI is InChI=1S/C38H49N3O13S3/c1-37(19-11-25-55(45,46)39-44)30-26-28(56(47,48)49)15-17-32(30)40(21-10-6-9-14-36(42)43)34(37)12-7-5-8-13-35-38(2,20-23-53-3)31-27-29(57(50,51)52)16-18-33(31)41(35)22-24-54-4/h5,7-8,12-13,15-18,26-27H,6,9-11,14,19-25H2,1-4H3,(H2-,42,43,47,48,49,50,51,52)/p+1. The Bertz CT molecular complexity index is 2300. The van der Waals surface area contributed by atoms with Crippen molar-refractivity contribution < 1.29 is 58.3 Å². The number of aliphatic carboxylic acids is 1. The molecule has 0 aromatic heterocycles. The number of hydrogen-bond donors (Lipinski definition) is 3. The number of nitroso groups, excluding NO2 is 1. The molecule has 3 N–H and O–H groups in total. The van der Waals surface area contributed by atoms with Crippen LogP contribution in [-0.4, -0.2) is 102 Å². The lowest BCUT2D eigenvalue weighted by Gasteiger charge is -2.30. The van der Waals surface area contributed by atoms with E-state index in [9.17, 15) is 44.1 Å². The second-order valence-corrected chi connectivity index (χ2v) is 18.9. The van der Waals surface area contributed by atoms with Crippen molar-refractivity contribution in [2.24, 2.45) is 4.58 Å². The maximum atomic E-state index is 12.2. The zero-order valence-electron chi connectivity index (χ0n) is 32.3. The van der Waals surface area contributed by atoms with Gasteiger partial charge in [-0.1, -0.05) is 24.6 Å². The molecule has 0 radical (unpaired) electrons. The molecule has 0 saturated heterocycles. The lowest BCUT2D eigenvalue weighted by molar-refractivity contribution is -0.441. The predicted molar refractivity (Wildman–Crippen MR) is 214 cm³/mol. The van der Waals surface area contributed by atoms with Crippen LogP contribution in [0, 0.1) is 4.91 Å². The second kappa shape index (κ2) is 18.6. The van der Waals surface area contributed by atoms with Crippen LogP contribution >= 0.6 is 0 Å². The number of carbonyl (C=O) groups is 1. The van der Waals surface area contributed by atoms with Crippen molar-refractivity contribution in [2.45, 2.75) is 79.4 Å². The third kappa shape index (κ3) is 10.7. The third-order valence-electron chi connectivity index (χ3n) is 10.5. The number of nitrogens with zero attached hydrogens (tertiary/aromatic N) is 3. The van der Waals surface area contributed by atoms with Crippen molar-refractivity contribution in [1.82, 2.24) is 0 Å². The molecule has 4 rings (SSSR count). The SMILES string of the molecule is COCC[N+]1=C(/C=C/C=C/C=C2/N(CCCCCC(=O)O)c3ccc(S(=O)(=O)O)cc3C2(C)CCCS(=O)(=O)N=O)C(C)(CCOC)c2cc(S(=O)(=O)O)ccc21. The summed E-state index contributed by atoms with van der Waals surface area (Å²) in [5.41, 5.74) is 2.32. The Hall–Kier alpha value is -4.11. The van der Waals surface area contributed by atoms with Gasteiger partial charge in [0.1, 0.15) is 6.61 Å². The summed E-state index contributed by atoms with van der Waals surface area (Å²) in [6.07, 6.45) is 11.3. The van der Waals surface area contributed by atoms with Gasteiger partial charge < -0.3 is 19.5 Å². The van der Waals surface area contributed by atoms with Gasteiger partial charge in [0.2, 0.25) is 5.69 Å². The Morgan fingerprint density at radius 3 is 2.09 bits per heavy atom. The minimum atomic E-state index is -4.61. The summed E-state index contributed by atoms with van der Waals surface area (Å²) >= 11 is 0. The normalized spacial score (nSPS) is 20.6. The highest BCUT2D eigenvalue weighted by Crippen LogP contribution is 2.51. The largest absolute Gasteiger partial charge is 0.481 e. The first-order valence-electron chi connectivity index (χ1n) is 18.2. The van der Waals surface area contributed by atoms with Crippen molar-refractivity contribution in [2.75, 3.05) is 51.2 Å². The highest BCUT2D eigenvalue weighted by atomic mass is 32.2. The van der Waals surface area contributed by atoms with E-state index >= 15 is 0 Å². The van der Waals surface area contributed by atoms with Crippen molar-refractivity contribution in [1.29, 1.82) is 0 Å². The molecule has 0 fully saturated rings. The molecule has 19 heteroatoms. The molecular formula is C38H50N3O13S3+. The molecule has 2 heterocycles. The Balaban J connectivity index is 1.80. The third-order valence-corrected chi connectivity index (χ3v) is 13.3. The van der Waals surface area contributed by atoms with Gasteiger partial charge in [-0.3, -0.25) is 13.9 Å². The summed E-state index contributed by atoms with van der Waals surface area (Å²) in [5, 5.41) is 9.11. The summed E-state index contributed by atoms with van der Waals surface area (Å²) in [7, 11) is -10.2. The van der Waals surface area contributed by atoms with Crippen molar-refractivity contribution in [3.63, 3.8) is 0 Å². The maximum absolute atomic E-state index is 12.2. The van der Waals surface area contributed by atoms with E-state index in [4.69, 9.17) is 14.6 Å². The molecule has 312 valence electrons. The monoisotopic (exact) mass is 852 g/mol. The number of fused-ring (bicyclic) bond motifs is 2. The lowest BCUT2D eigenvalue weighted by atomic mass is 9.76. The second-order valence-electron chi connectivity index (χ2n) is 14.4. The number of carboxylic acids is 1. The number of hydrogen-bond acceptors (Lipinski definition) is 11. The van der Waals surface area contributed by atoms with Gasteiger partial charge in [0.05, 0.1) is 25.5 Å². The zero-order chi connectivity index (χ0) is 42.2. The molecule has 2 unspecified atom stereocenters. The molecule has 0 spiro atoms. The van der Waals surface area contributed by atoms with E-state index in [2.05, 4.69) is 4.58 Å². The average Bonchev–Trinajstić information content (AvgIpc) is 3.51. The van der Waals surface area contributed by atoms with E-state index in [1.807, 2.05) is 35.5 Å². The van der Waals surface area contributed by atoms with Crippen LogP contribution < -0.4 is 4.90 Å². The molecule has 0 aliphatic carbocycles. The Morgan fingerprint density at radius 2 is 1.47 bits per heavy atom. The van der Waals surface area contributed by atoms with E-state index in [1.165, 1.54) is 24.3 Å². The van der Waals surface area contributed by atoms with Crippen LogP contribution in [0.15, 0.2) is 86.8 Å². The Labute approximate surface area is 334 Å². The number of ether oxygens (including phenoxy) is 2. The highest BCUT2D eigenvalue weighted by Gasteiger charge is 2.48. The number of carboxylic acid groups (broad SMARTS) is 1. The molecule has 16 nitrogen and oxygen atoms in total. The van der Waals surface area contributed by atoms with E-state index in [0.717, 1.165) is 11.4 Å². The van der Waals surface area contributed by atoms with Crippen molar-refractivity contribution >= 4 is 53.3 Å². The highest BCUT2D eigenvalue weighted by molar-refractivity contribution is 7.90. The first-order chi connectivity index (χ1) is 26.7. The van der Waals surface area contributed by atoms with E-state index in [0.29, 0.717) is 74.5 Å². The number of anilines is 1. The van der Waals surface area contributed by atoms with Crippen LogP contribution in [0.1, 0.15) is 69.9 Å². The van der Waals surface area contributed by atoms with Crippen LogP contribution in [0.25, 0.3) is 0 Å². The first-order valence-corrected chi connectivity index (χ1v) is 22.7. The quantitative estimate of drug-likeness (QED) is 0.0436. The summed E-state index contributed by atoms with van der Waals surface area (Å²) in [6.45, 7) is 5.33. The zero-order valence-corrected chi connectivity index (χ0v) is 34.8. The van der Waals surface area contributed by atoms with Gasteiger partial charge in [-0.05, 0) is 87.9 Å². The Kier molecular flexibility index (Phi) is 14.9. The van der Waals surface area contributed by atoms with Crippen LogP contribution in [0.2, 0.25) is 0 Å². The fourth-order valence-electron chi connectivity index (χ4n) is 7.61. The molecule has 0 amide bonds. The average molecular weight is 853 g/mol. The van der Waals surface area contributed by atoms with Crippen molar-refractivity contribution in [3.8, 4) is 0 Å². The number of unbranched alkanes of at least 4 members (excludes halogenated alkanes) is 2. The predicted octanol–water partition coefficient (Wildman–Crippen LogP) is 5.51. The molecule has 0 bridgehead atoms. The minimum Gasteiger partial charge on any atom is -0.481 e. The van der Waals surface area contributed by atoms with Gasteiger partial charge in [-0.15, -0.1) is 4.91 Å². The summed E-state index contributed by atoms with van der Waals surface area (Å²) in [5.74, 6) is -1.44. The summed E-state index contributed by atoms with van der Waals surface area (Å²) in [6, 6.07) is 8.68. The number of sulfonamides is 1. The number of allylic oxidation sites excluding steroid dienone is 6. The summed E-state index contributed by atoms with van der Waals surface area (Å²) < 4.78 is 108. The van der Waals surface area contributed by atoms with Crippen molar-refractivity contribution in [3.05, 3.63) is 88.5 Å². The fraction of sp³-hybridized carbons (Fsp3) is 0.474. The lowest BCUT2D eigenvalue weighted by Crippen LogP contribution is -2.33. The number of benzene rings is 2. The number of rotatable bonds is 22. The van der Waals surface area contributed by atoms with E-state index < -0.39 is 52.8 Å². The van der Waals surface area contributed by atoms with E-state index in [-0.39, 0.29) is 29.1 Å².